The number of ether oxygens (including phenoxy) is 2. The van der Waals surface area contributed by atoms with Crippen LogP contribution >= 0.6 is 0 Å². The largest absolute Gasteiger partial charge is 0.497 e. The van der Waals surface area contributed by atoms with Crippen molar-refractivity contribution in [2.24, 2.45) is 0 Å². The Morgan fingerprint density at radius 3 is 2.36 bits per heavy atom. The number of halogens is 1. The fourth-order valence-electron chi connectivity index (χ4n) is 1.90. The summed E-state index contributed by atoms with van der Waals surface area (Å²) in [6.07, 6.45) is 0. The minimum absolute atomic E-state index is 0.0999. The van der Waals surface area contributed by atoms with E-state index < -0.39 is 0 Å². The maximum absolute atomic E-state index is 13.6. The fourth-order valence-corrected chi connectivity index (χ4v) is 1.90. The van der Waals surface area contributed by atoms with E-state index in [9.17, 15) is 9.18 Å². The number of likely N-dealkylation sites (N-methyl/N-ethyl adjacent to an activating group) is 1. The molecule has 116 valence electrons. The second-order valence-electron chi connectivity index (χ2n) is 4.81. The van der Waals surface area contributed by atoms with Crippen LogP contribution in [0.4, 0.5) is 4.39 Å². The lowest BCUT2D eigenvalue weighted by molar-refractivity contribution is -0.132. The number of carbonyl (C=O) groups is 1. The molecular formula is C17H18FNO3. The Hall–Kier alpha value is -2.56. The van der Waals surface area contributed by atoms with Gasteiger partial charge in [0.05, 0.1) is 7.11 Å². The first kappa shape index (κ1) is 15.8. The van der Waals surface area contributed by atoms with Crippen LogP contribution in [0, 0.1) is 5.82 Å². The molecule has 2 aromatic carbocycles. The Morgan fingerprint density at radius 1 is 1.09 bits per heavy atom. The minimum Gasteiger partial charge on any atom is -0.497 e. The smallest absolute Gasteiger partial charge is 0.260 e. The van der Waals surface area contributed by atoms with Crippen LogP contribution in [0.3, 0.4) is 0 Å². The lowest BCUT2D eigenvalue weighted by atomic mass is 10.2. The second-order valence-corrected chi connectivity index (χ2v) is 4.81. The highest BCUT2D eigenvalue weighted by Gasteiger charge is 2.12. The lowest BCUT2D eigenvalue weighted by Crippen LogP contribution is -2.31. The second kappa shape index (κ2) is 7.45. The van der Waals surface area contributed by atoms with Gasteiger partial charge in [-0.1, -0.05) is 18.2 Å². The molecule has 22 heavy (non-hydrogen) atoms. The molecule has 0 aliphatic carbocycles. The van der Waals surface area contributed by atoms with Crippen LogP contribution in [0.5, 0.6) is 11.5 Å². The van der Waals surface area contributed by atoms with Crippen molar-refractivity contribution in [1.82, 2.24) is 4.90 Å². The van der Waals surface area contributed by atoms with Gasteiger partial charge in [-0.3, -0.25) is 4.79 Å². The van der Waals surface area contributed by atoms with Crippen LogP contribution in [0.2, 0.25) is 0 Å². The van der Waals surface area contributed by atoms with Crippen molar-refractivity contribution in [3.8, 4) is 11.5 Å². The first-order valence-corrected chi connectivity index (χ1v) is 6.84. The summed E-state index contributed by atoms with van der Waals surface area (Å²) in [4.78, 5) is 13.4. The maximum atomic E-state index is 13.6. The van der Waals surface area contributed by atoms with E-state index in [1.807, 2.05) is 0 Å². The predicted molar refractivity (Wildman–Crippen MR) is 81.4 cm³/mol. The van der Waals surface area contributed by atoms with Gasteiger partial charge in [-0.2, -0.15) is 0 Å². The molecule has 0 N–H and O–H groups in total. The molecule has 0 aliphatic rings. The molecule has 0 unspecified atom stereocenters. The summed E-state index contributed by atoms with van der Waals surface area (Å²) in [6.45, 7) is 0.106. The van der Waals surface area contributed by atoms with Crippen molar-refractivity contribution >= 4 is 5.91 Å². The van der Waals surface area contributed by atoms with Crippen LogP contribution in [0.25, 0.3) is 0 Å². The van der Waals surface area contributed by atoms with Gasteiger partial charge >= 0.3 is 0 Å². The molecule has 2 aromatic rings. The van der Waals surface area contributed by atoms with Crippen molar-refractivity contribution in [2.75, 3.05) is 20.8 Å². The number of carbonyl (C=O) groups excluding carboxylic acids is 1. The van der Waals surface area contributed by atoms with E-state index in [0.29, 0.717) is 11.3 Å². The number of methoxy groups -OCH3 is 1. The molecule has 0 spiro atoms. The number of rotatable bonds is 6. The van der Waals surface area contributed by atoms with Crippen LogP contribution in [0.1, 0.15) is 5.56 Å². The fraction of sp³-hybridized carbons (Fsp3) is 0.235. The van der Waals surface area contributed by atoms with Gasteiger partial charge in [-0.15, -0.1) is 0 Å². The maximum Gasteiger partial charge on any atom is 0.260 e. The van der Waals surface area contributed by atoms with Crippen LogP contribution in [-0.4, -0.2) is 31.6 Å². The van der Waals surface area contributed by atoms with Crippen molar-refractivity contribution in [2.45, 2.75) is 6.54 Å². The standard InChI is InChI=1S/C17H18FNO3/c1-19(11-13-5-3-4-6-16(13)18)17(20)12-22-15-9-7-14(21-2)8-10-15/h3-10H,11-12H2,1-2H3. The molecule has 5 heteroatoms. The third-order valence-corrected chi connectivity index (χ3v) is 3.21. The number of hydrogen-bond donors (Lipinski definition) is 0. The van der Waals surface area contributed by atoms with Crippen molar-refractivity contribution in [3.05, 3.63) is 59.9 Å². The molecule has 4 nitrogen and oxygen atoms in total. The first-order chi connectivity index (χ1) is 10.6. The minimum atomic E-state index is -0.321. The summed E-state index contributed by atoms with van der Waals surface area (Å²) < 4.78 is 24.0. The monoisotopic (exact) mass is 303 g/mol. The quantitative estimate of drug-likeness (QED) is 0.823. The molecule has 0 radical (unpaired) electrons. The summed E-state index contributed by atoms with van der Waals surface area (Å²) in [7, 11) is 3.20. The number of benzene rings is 2. The molecule has 0 saturated heterocycles. The molecule has 1 amide bonds. The molecule has 0 heterocycles. The lowest BCUT2D eigenvalue weighted by Gasteiger charge is -2.18. The average Bonchev–Trinajstić information content (AvgIpc) is 2.55. The van der Waals surface area contributed by atoms with Crippen LogP contribution in [-0.2, 0) is 11.3 Å². The molecule has 0 aromatic heterocycles. The van der Waals surface area contributed by atoms with E-state index in [-0.39, 0.29) is 24.9 Å². The van der Waals surface area contributed by atoms with Crippen molar-refractivity contribution in [3.63, 3.8) is 0 Å². The Morgan fingerprint density at radius 2 is 1.73 bits per heavy atom. The average molecular weight is 303 g/mol. The van der Waals surface area contributed by atoms with Gasteiger partial charge in [-0.05, 0) is 30.3 Å². The summed E-state index contributed by atoms with van der Waals surface area (Å²) in [5, 5.41) is 0. The summed E-state index contributed by atoms with van der Waals surface area (Å²) in [6, 6.07) is 13.3. The van der Waals surface area contributed by atoms with E-state index in [1.165, 1.54) is 11.0 Å². The van der Waals surface area contributed by atoms with Gasteiger partial charge in [-0.25, -0.2) is 4.39 Å². The third kappa shape index (κ3) is 4.22. The zero-order chi connectivity index (χ0) is 15.9. The van der Waals surface area contributed by atoms with E-state index in [2.05, 4.69) is 0 Å². The van der Waals surface area contributed by atoms with Crippen molar-refractivity contribution in [1.29, 1.82) is 0 Å². The van der Waals surface area contributed by atoms with E-state index in [0.717, 1.165) is 5.75 Å². The normalized spacial score (nSPS) is 10.1. The number of amides is 1. The predicted octanol–water partition coefficient (Wildman–Crippen LogP) is 2.87. The van der Waals surface area contributed by atoms with Gasteiger partial charge in [0.2, 0.25) is 0 Å². The van der Waals surface area contributed by atoms with Crippen LogP contribution in [0.15, 0.2) is 48.5 Å². The number of hydrogen-bond acceptors (Lipinski definition) is 3. The van der Waals surface area contributed by atoms with Crippen molar-refractivity contribution < 1.29 is 18.7 Å². The molecular weight excluding hydrogens is 285 g/mol. The molecule has 0 bridgehead atoms. The highest BCUT2D eigenvalue weighted by molar-refractivity contribution is 5.77. The summed E-state index contributed by atoms with van der Waals surface area (Å²) in [5.41, 5.74) is 0.475. The molecule has 0 atom stereocenters. The topological polar surface area (TPSA) is 38.8 Å². The Kier molecular flexibility index (Phi) is 5.36. The Bertz CT molecular complexity index is 628. The molecule has 0 saturated carbocycles. The summed E-state index contributed by atoms with van der Waals surface area (Å²) in [5.74, 6) is 0.751. The SMILES string of the molecule is COc1ccc(OCC(=O)N(C)Cc2ccccc2F)cc1. The van der Waals surface area contributed by atoms with E-state index >= 15 is 0 Å². The Balaban J connectivity index is 1.87. The summed E-state index contributed by atoms with van der Waals surface area (Å²) >= 11 is 0. The Labute approximate surface area is 129 Å². The molecule has 2 rings (SSSR count). The van der Waals surface area contributed by atoms with Gasteiger partial charge < -0.3 is 14.4 Å². The van der Waals surface area contributed by atoms with E-state index in [1.54, 1.807) is 56.6 Å². The molecule has 0 fully saturated rings. The highest BCUT2D eigenvalue weighted by Crippen LogP contribution is 2.17. The van der Waals surface area contributed by atoms with Crippen LogP contribution < -0.4 is 9.47 Å². The first-order valence-electron chi connectivity index (χ1n) is 6.84. The zero-order valence-corrected chi connectivity index (χ0v) is 12.6. The van der Waals surface area contributed by atoms with Gasteiger partial charge in [0.15, 0.2) is 6.61 Å². The third-order valence-electron chi connectivity index (χ3n) is 3.21. The zero-order valence-electron chi connectivity index (χ0n) is 12.6. The molecule has 0 aliphatic heterocycles. The van der Waals surface area contributed by atoms with Gasteiger partial charge in [0, 0.05) is 19.2 Å². The van der Waals surface area contributed by atoms with Gasteiger partial charge in [0.25, 0.3) is 5.91 Å². The number of nitrogens with zero attached hydrogens (tertiary/aromatic N) is 1. The highest BCUT2D eigenvalue weighted by atomic mass is 19.1. The van der Waals surface area contributed by atoms with E-state index in [4.69, 9.17) is 9.47 Å². The van der Waals surface area contributed by atoms with Gasteiger partial charge in [0.1, 0.15) is 17.3 Å².